The van der Waals surface area contributed by atoms with Crippen LogP contribution in [-0.2, 0) is 38.0 Å². The zero-order valence-corrected chi connectivity index (χ0v) is 26.6. The smallest absolute Gasteiger partial charge is 0.411 e. The van der Waals surface area contributed by atoms with E-state index in [9.17, 15) is 28.8 Å². The fraction of sp³-hybridized carbons (Fsp3) is 0.312. The summed E-state index contributed by atoms with van der Waals surface area (Å²) in [7, 11) is 0. The van der Waals surface area contributed by atoms with Crippen LogP contribution in [0, 0.1) is 13.8 Å². The largest absolute Gasteiger partial charge is 0.459 e. The zero-order chi connectivity index (χ0) is 35.3. The molecule has 0 aromatic heterocycles. The van der Waals surface area contributed by atoms with Gasteiger partial charge < -0.3 is 28.4 Å². The summed E-state index contributed by atoms with van der Waals surface area (Å²) in [6.45, 7) is 9.57. The highest BCUT2D eigenvalue weighted by atomic mass is 16.6. The van der Waals surface area contributed by atoms with Gasteiger partial charge in [-0.15, -0.1) is 0 Å². The van der Waals surface area contributed by atoms with Gasteiger partial charge in [-0.1, -0.05) is 25.3 Å². The molecule has 0 saturated carbocycles. The Morgan fingerprint density at radius 1 is 0.521 bits per heavy atom. The monoisotopic (exact) mass is 670 g/mol. The molecule has 0 bridgehead atoms. The Hall–Kier alpha value is -6.06. The van der Waals surface area contributed by atoms with E-state index >= 15 is 0 Å². The number of nitrogens with one attached hydrogen (secondary N) is 4. The van der Waals surface area contributed by atoms with Gasteiger partial charge in [0.05, 0.1) is 13.2 Å². The number of aryl methyl sites for hydroxylation is 2. The van der Waals surface area contributed by atoms with Gasteiger partial charge in [0, 0.05) is 34.9 Å². The van der Waals surface area contributed by atoms with Crippen LogP contribution in [0.4, 0.5) is 41.9 Å². The highest BCUT2D eigenvalue weighted by Crippen LogP contribution is 2.22. The van der Waals surface area contributed by atoms with E-state index in [-0.39, 0.29) is 39.6 Å². The summed E-state index contributed by atoms with van der Waals surface area (Å²) in [6, 6.07) is 9.62. The van der Waals surface area contributed by atoms with Gasteiger partial charge in [-0.3, -0.25) is 21.3 Å². The summed E-state index contributed by atoms with van der Waals surface area (Å²) in [5, 5.41) is 10.2. The van der Waals surface area contributed by atoms with Gasteiger partial charge in [-0.25, -0.2) is 28.8 Å². The van der Waals surface area contributed by atoms with Gasteiger partial charge in [0.2, 0.25) is 0 Å². The minimum absolute atomic E-state index is 0.0518. The Bertz CT molecular complexity index is 1370. The summed E-state index contributed by atoms with van der Waals surface area (Å²) < 4.78 is 29.7. The lowest BCUT2D eigenvalue weighted by atomic mass is 10.2. The Kier molecular flexibility index (Phi) is 16.6. The molecule has 0 atom stereocenters. The van der Waals surface area contributed by atoms with Gasteiger partial charge in [0.25, 0.3) is 0 Å². The minimum Gasteiger partial charge on any atom is -0.459 e. The number of unbranched alkanes of at least 4 members (excludes halogenated alkanes) is 1. The van der Waals surface area contributed by atoms with Crippen LogP contribution in [0.15, 0.2) is 61.7 Å². The van der Waals surface area contributed by atoms with Crippen LogP contribution >= 0.6 is 0 Å². The molecule has 2 rings (SSSR count). The maximum Gasteiger partial charge on any atom is 0.411 e. The second-order valence-electron chi connectivity index (χ2n) is 9.55. The van der Waals surface area contributed by atoms with E-state index in [1.165, 1.54) is 12.1 Å². The lowest BCUT2D eigenvalue weighted by Crippen LogP contribution is -2.19. The molecule has 0 saturated heterocycles. The van der Waals surface area contributed by atoms with Crippen molar-refractivity contribution in [2.45, 2.75) is 26.7 Å². The fourth-order valence-corrected chi connectivity index (χ4v) is 3.47. The molecule has 0 heterocycles. The Labute approximate surface area is 276 Å². The first-order valence-corrected chi connectivity index (χ1v) is 14.6. The molecule has 4 amide bonds. The van der Waals surface area contributed by atoms with Gasteiger partial charge in [0.15, 0.2) is 0 Å². The molecule has 0 radical (unpaired) electrons. The van der Waals surface area contributed by atoms with Crippen LogP contribution in [-0.4, -0.2) is 76.0 Å². The van der Waals surface area contributed by atoms with Crippen molar-refractivity contribution >= 4 is 59.1 Å². The molecule has 0 fully saturated rings. The quantitative estimate of drug-likeness (QED) is 0.0719. The van der Waals surface area contributed by atoms with E-state index in [1.807, 2.05) is 0 Å². The summed E-state index contributed by atoms with van der Waals surface area (Å²) in [5.41, 5.74) is 2.91. The van der Waals surface area contributed by atoms with Crippen LogP contribution in [0.5, 0.6) is 0 Å². The molecule has 0 aliphatic rings. The number of amides is 4. The standard InChI is InChI=1S/C32H38N4O12/c1-5-27(37)43-15-17-47-29(39)33-23-11-9-21(3)25(19-23)35-31(41)45-13-7-8-14-46-32(42)36-26-20-24(12-10-22(26)4)34-30(40)48-18-16-44-28(38)6-2/h5-6,9-12,19-20H,1-2,7-8,13-18H2,3-4H3,(H,33,39)(H,34,40)(H,35,41)(H,36,42). The minimum atomic E-state index is -0.779. The average Bonchev–Trinajstić information content (AvgIpc) is 3.05. The van der Waals surface area contributed by atoms with Crippen molar-refractivity contribution < 1.29 is 57.2 Å². The number of carbonyl (C=O) groups excluding carboxylic acids is 6. The van der Waals surface area contributed by atoms with E-state index in [0.29, 0.717) is 46.7 Å². The van der Waals surface area contributed by atoms with E-state index in [1.54, 1.807) is 38.1 Å². The Morgan fingerprint density at radius 3 is 1.23 bits per heavy atom. The molecule has 2 aromatic carbocycles. The number of ether oxygens (including phenoxy) is 6. The van der Waals surface area contributed by atoms with Crippen LogP contribution in [0.1, 0.15) is 24.0 Å². The maximum absolute atomic E-state index is 12.3. The summed E-state index contributed by atoms with van der Waals surface area (Å²) in [4.78, 5) is 70.5. The van der Waals surface area contributed by atoms with Gasteiger partial charge >= 0.3 is 36.3 Å². The Balaban J connectivity index is 1.67. The van der Waals surface area contributed by atoms with Crippen LogP contribution < -0.4 is 21.3 Å². The number of hydrogen-bond acceptors (Lipinski definition) is 12. The SMILES string of the molecule is C=CC(=O)OCCOC(=O)Nc1ccc(C)c(NC(=O)OCCCCOC(=O)Nc2cc(NC(=O)OCCOC(=O)C=C)ccc2C)c1. The van der Waals surface area contributed by atoms with Crippen molar-refractivity contribution in [2.24, 2.45) is 0 Å². The second-order valence-corrected chi connectivity index (χ2v) is 9.55. The third-order valence-electron chi connectivity index (χ3n) is 5.90. The molecule has 16 nitrogen and oxygen atoms in total. The van der Waals surface area contributed by atoms with Crippen LogP contribution in [0.2, 0.25) is 0 Å². The first-order valence-electron chi connectivity index (χ1n) is 14.6. The number of rotatable bonds is 17. The predicted octanol–water partition coefficient (Wildman–Crippen LogP) is 5.44. The van der Waals surface area contributed by atoms with Crippen LogP contribution in [0.25, 0.3) is 0 Å². The van der Waals surface area contributed by atoms with E-state index < -0.39 is 36.3 Å². The predicted molar refractivity (Wildman–Crippen MR) is 174 cm³/mol. The lowest BCUT2D eigenvalue weighted by Gasteiger charge is -2.13. The number of esters is 2. The summed E-state index contributed by atoms with van der Waals surface area (Å²) in [6.07, 6.45) is -0.194. The van der Waals surface area contributed by atoms with Crippen molar-refractivity contribution in [2.75, 3.05) is 60.9 Å². The molecule has 2 aromatic rings. The molecular weight excluding hydrogens is 632 g/mol. The topological polar surface area (TPSA) is 206 Å². The molecule has 0 unspecified atom stereocenters. The first-order chi connectivity index (χ1) is 23.0. The molecule has 16 heteroatoms. The van der Waals surface area contributed by atoms with Gasteiger partial charge in [-0.2, -0.15) is 0 Å². The highest BCUT2D eigenvalue weighted by Gasteiger charge is 2.12. The van der Waals surface area contributed by atoms with Crippen LogP contribution in [0.3, 0.4) is 0 Å². The van der Waals surface area contributed by atoms with Crippen molar-refractivity contribution in [1.29, 1.82) is 0 Å². The average molecular weight is 671 g/mol. The van der Waals surface area contributed by atoms with E-state index in [2.05, 4.69) is 34.4 Å². The van der Waals surface area contributed by atoms with E-state index in [4.69, 9.17) is 28.4 Å². The highest BCUT2D eigenvalue weighted by molar-refractivity contribution is 5.91. The number of anilines is 4. The summed E-state index contributed by atoms with van der Waals surface area (Å²) >= 11 is 0. The Morgan fingerprint density at radius 2 is 0.854 bits per heavy atom. The number of carbonyl (C=O) groups is 6. The first kappa shape index (κ1) is 38.1. The van der Waals surface area contributed by atoms with Crippen molar-refractivity contribution in [1.82, 2.24) is 0 Å². The van der Waals surface area contributed by atoms with E-state index in [0.717, 1.165) is 12.2 Å². The third kappa shape index (κ3) is 15.3. The molecule has 0 spiro atoms. The second kappa shape index (κ2) is 20.9. The molecule has 48 heavy (non-hydrogen) atoms. The zero-order valence-electron chi connectivity index (χ0n) is 26.6. The van der Waals surface area contributed by atoms with Gasteiger partial charge in [0.1, 0.15) is 26.4 Å². The molecular formula is C32H38N4O12. The van der Waals surface area contributed by atoms with Crippen molar-refractivity contribution in [3.63, 3.8) is 0 Å². The third-order valence-corrected chi connectivity index (χ3v) is 5.90. The molecule has 0 aliphatic carbocycles. The van der Waals surface area contributed by atoms with Gasteiger partial charge in [-0.05, 0) is 62.1 Å². The molecule has 258 valence electrons. The number of benzene rings is 2. The summed E-state index contributed by atoms with van der Waals surface area (Å²) in [5.74, 6) is -1.26. The molecule has 0 aliphatic heterocycles. The van der Waals surface area contributed by atoms with Crippen molar-refractivity contribution in [3.05, 3.63) is 72.8 Å². The normalized spacial score (nSPS) is 9.96. The molecule has 4 N–H and O–H groups in total. The fourth-order valence-electron chi connectivity index (χ4n) is 3.47. The maximum atomic E-state index is 12.3. The van der Waals surface area contributed by atoms with Crippen molar-refractivity contribution in [3.8, 4) is 0 Å². The number of hydrogen-bond donors (Lipinski definition) is 4. The lowest BCUT2D eigenvalue weighted by molar-refractivity contribution is -0.139.